The topological polar surface area (TPSA) is 74.2 Å². The average Bonchev–Trinajstić information content (AvgIpc) is 2.59. The molecule has 2 amide bonds. The number of aliphatic hydroxyl groups excluding tert-OH is 1. The van der Waals surface area contributed by atoms with Crippen molar-refractivity contribution in [2.24, 2.45) is 0 Å². The number of hydrogen-bond acceptors (Lipinski definition) is 3. The summed E-state index contributed by atoms with van der Waals surface area (Å²) in [7, 11) is 0. The number of aliphatic hydroxyl groups is 1. The fraction of sp³-hybridized carbons (Fsp3) is 0.400. The van der Waals surface area contributed by atoms with Gasteiger partial charge in [0, 0.05) is 18.9 Å². The monoisotopic (exact) mass is 341 g/mol. The Kier molecular flexibility index (Phi) is 6.15. The van der Waals surface area contributed by atoms with Crippen LogP contribution in [0.1, 0.15) is 56.5 Å². The summed E-state index contributed by atoms with van der Waals surface area (Å²) in [6, 6.07) is 11.1. The van der Waals surface area contributed by atoms with Crippen molar-refractivity contribution in [3.8, 4) is 0 Å². The number of carbonyl (C=O) groups excluding carboxylic acids is 1. The van der Waals surface area contributed by atoms with Gasteiger partial charge < -0.3 is 15.7 Å². The first-order valence-electron chi connectivity index (χ1n) is 8.50. The van der Waals surface area contributed by atoms with E-state index in [-0.39, 0.29) is 24.0 Å². The summed E-state index contributed by atoms with van der Waals surface area (Å²) >= 11 is 0. The van der Waals surface area contributed by atoms with Gasteiger partial charge in [0.05, 0.1) is 12.1 Å². The summed E-state index contributed by atoms with van der Waals surface area (Å²) in [5, 5.41) is 15.8. The molecule has 5 nitrogen and oxygen atoms in total. The van der Waals surface area contributed by atoms with Gasteiger partial charge in [-0.1, -0.05) is 45.0 Å². The van der Waals surface area contributed by atoms with Crippen LogP contribution in [-0.4, -0.2) is 22.7 Å². The van der Waals surface area contributed by atoms with E-state index in [4.69, 9.17) is 0 Å². The molecule has 0 aliphatic carbocycles. The van der Waals surface area contributed by atoms with E-state index in [0.29, 0.717) is 0 Å². The lowest BCUT2D eigenvalue weighted by Crippen LogP contribution is -2.39. The van der Waals surface area contributed by atoms with Gasteiger partial charge in [0.15, 0.2) is 0 Å². The van der Waals surface area contributed by atoms with E-state index in [0.717, 1.165) is 11.1 Å². The zero-order valence-corrected chi connectivity index (χ0v) is 15.3. The molecule has 0 saturated heterocycles. The van der Waals surface area contributed by atoms with Gasteiger partial charge in [-0.05, 0) is 41.2 Å². The van der Waals surface area contributed by atoms with Gasteiger partial charge in [-0.2, -0.15) is 0 Å². The van der Waals surface area contributed by atoms with Gasteiger partial charge in [0.25, 0.3) is 0 Å². The summed E-state index contributed by atoms with van der Waals surface area (Å²) in [6.07, 6.45) is 2.64. The summed E-state index contributed by atoms with van der Waals surface area (Å²) in [4.78, 5) is 16.0. The lowest BCUT2D eigenvalue weighted by atomic mass is 9.86. The highest BCUT2D eigenvalue weighted by Gasteiger charge is 2.15. The largest absolute Gasteiger partial charge is 0.387 e. The second-order valence-electron chi connectivity index (χ2n) is 7.24. The lowest BCUT2D eigenvalue weighted by molar-refractivity contribution is 0.172. The molecule has 3 N–H and O–H groups in total. The maximum Gasteiger partial charge on any atom is 0.315 e. The second-order valence-corrected chi connectivity index (χ2v) is 7.24. The first kappa shape index (κ1) is 18.9. The number of aromatic nitrogens is 1. The standard InChI is InChI=1S/C20H27N3O2/c1-14(15-9-11-21-12-10-15)23-19(25)22-13-18(24)16-5-7-17(8-6-16)20(2,3)4/h5-12,14,18,24H,13H2,1-4H3,(H2,22,23,25). The van der Waals surface area contributed by atoms with Crippen molar-refractivity contribution < 1.29 is 9.90 Å². The molecule has 0 bridgehead atoms. The van der Waals surface area contributed by atoms with Crippen molar-refractivity contribution >= 4 is 6.03 Å². The molecular weight excluding hydrogens is 314 g/mol. The van der Waals surface area contributed by atoms with E-state index in [9.17, 15) is 9.90 Å². The third-order valence-corrected chi connectivity index (χ3v) is 4.17. The fourth-order valence-corrected chi connectivity index (χ4v) is 2.50. The van der Waals surface area contributed by atoms with E-state index in [1.54, 1.807) is 12.4 Å². The van der Waals surface area contributed by atoms with Gasteiger partial charge >= 0.3 is 6.03 Å². The van der Waals surface area contributed by atoms with Crippen LogP contribution >= 0.6 is 0 Å². The number of amides is 2. The zero-order valence-electron chi connectivity index (χ0n) is 15.3. The molecule has 0 spiro atoms. The Morgan fingerprint density at radius 1 is 1.08 bits per heavy atom. The fourth-order valence-electron chi connectivity index (χ4n) is 2.50. The van der Waals surface area contributed by atoms with Crippen molar-refractivity contribution in [3.05, 3.63) is 65.5 Å². The maximum atomic E-state index is 12.0. The Morgan fingerprint density at radius 3 is 2.24 bits per heavy atom. The molecule has 0 aliphatic rings. The molecule has 0 fully saturated rings. The highest BCUT2D eigenvalue weighted by molar-refractivity contribution is 5.74. The molecule has 134 valence electrons. The molecule has 5 heteroatoms. The Bertz CT molecular complexity index is 678. The van der Waals surface area contributed by atoms with Crippen LogP contribution in [0.4, 0.5) is 4.79 Å². The minimum atomic E-state index is -0.740. The molecule has 0 radical (unpaired) electrons. The van der Waals surface area contributed by atoms with Crippen LogP contribution in [0.25, 0.3) is 0 Å². The Hall–Kier alpha value is -2.40. The Morgan fingerprint density at radius 2 is 1.68 bits per heavy atom. The lowest BCUT2D eigenvalue weighted by Gasteiger charge is -2.20. The van der Waals surface area contributed by atoms with Crippen molar-refractivity contribution in [1.82, 2.24) is 15.6 Å². The van der Waals surface area contributed by atoms with Crippen molar-refractivity contribution in [1.29, 1.82) is 0 Å². The molecule has 0 saturated carbocycles. The van der Waals surface area contributed by atoms with Gasteiger partial charge in [0.1, 0.15) is 0 Å². The number of pyridine rings is 1. The van der Waals surface area contributed by atoms with Gasteiger partial charge in [-0.3, -0.25) is 4.98 Å². The summed E-state index contributed by atoms with van der Waals surface area (Å²) in [5.41, 5.74) is 3.05. The van der Waals surface area contributed by atoms with Crippen LogP contribution in [0.5, 0.6) is 0 Å². The van der Waals surface area contributed by atoms with E-state index < -0.39 is 6.10 Å². The van der Waals surface area contributed by atoms with Crippen LogP contribution in [0.2, 0.25) is 0 Å². The van der Waals surface area contributed by atoms with E-state index in [1.165, 1.54) is 5.56 Å². The molecule has 1 aromatic carbocycles. The molecule has 2 rings (SSSR count). The maximum absolute atomic E-state index is 12.0. The van der Waals surface area contributed by atoms with Crippen molar-refractivity contribution in [3.63, 3.8) is 0 Å². The first-order chi connectivity index (χ1) is 11.8. The number of benzene rings is 1. The number of hydrogen-bond donors (Lipinski definition) is 3. The molecule has 2 atom stereocenters. The van der Waals surface area contributed by atoms with Crippen molar-refractivity contribution in [2.45, 2.75) is 45.3 Å². The number of rotatable bonds is 5. The van der Waals surface area contributed by atoms with Crippen LogP contribution in [0.15, 0.2) is 48.8 Å². The number of nitrogens with one attached hydrogen (secondary N) is 2. The summed E-state index contributed by atoms with van der Waals surface area (Å²) < 4.78 is 0. The molecule has 1 aromatic heterocycles. The predicted molar refractivity (Wildman–Crippen MR) is 99.3 cm³/mol. The van der Waals surface area contributed by atoms with Gasteiger partial charge in [0.2, 0.25) is 0 Å². The highest BCUT2D eigenvalue weighted by Crippen LogP contribution is 2.23. The van der Waals surface area contributed by atoms with E-state index >= 15 is 0 Å². The molecule has 25 heavy (non-hydrogen) atoms. The third-order valence-electron chi connectivity index (χ3n) is 4.17. The van der Waals surface area contributed by atoms with Crippen LogP contribution in [0.3, 0.4) is 0 Å². The molecule has 0 aliphatic heterocycles. The normalized spacial score (nSPS) is 13.8. The van der Waals surface area contributed by atoms with E-state index in [1.807, 2.05) is 43.3 Å². The Labute approximate surface area is 149 Å². The van der Waals surface area contributed by atoms with Crippen LogP contribution in [-0.2, 0) is 5.41 Å². The van der Waals surface area contributed by atoms with Crippen molar-refractivity contribution in [2.75, 3.05) is 6.54 Å². The number of urea groups is 1. The Balaban J connectivity index is 1.85. The summed E-state index contributed by atoms with van der Waals surface area (Å²) in [5.74, 6) is 0. The molecule has 2 aromatic rings. The van der Waals surface area contributed by atoms with Gasteiger partial charge in [-0.25, -0.2) is 4.79 Å². The van der Waals surface area contributed by atoms with E-state index in [2.05, 4.69) is 36.4 Å². The van der Waals surface area contributed by atoms with Crippen LogP contribution < -0.4 is 10.6 Å². The highest BCUT2D eigenvalue weighted by atomic mass is 16.3. The third kappa shape index (κ3) is 5.57. The molecule has 1 heterocycles. The van der Waals surface area contributed by atoms with Gasteiger partial charge in [-0.15, -0.1) is 0 Å². The molecular formula is C20H27N3O2. The number of nitrogens with zero attached hydrogens (tertiary/aromatic N) is 1. The minimum absolute atomic E-state index is 0.0741. The quantitative estimate of drug-likeness (QED) is 0.779. The minimum Gasteiger partial charge on any atom is -0.387 e. The zero-order chi connectivity index (χ0) is 18.4. The smallest absolute Gasteiger partial charge is 0.315 e. The average molecular weight is 341 g/mol. The first-order valence-corrected chi connectivity index (χ1v) is 8.50. The summed E-state index contributed by atoms with van der Waals surface area (Å²) in [6.45, 7) is 8.50. The molecule has 2 unspecified atom stereocenters. The SMILES string of the molecule is CC(NC(=O)NCC(O)c1ccc(C(C)(C)C)cc1)c1ccncc1. The van der Waals surface area contributed by atoms with Crippen LogP contribution in [0, 0.1) is 0 Å². The predicted octanol–water partition coefficient (Wildman–Crippen LogP) is 3.47. The second kappa shape index (κ2) is 8.12. The number of carbonyl (C=O) groups is 1.